The maximum Gasteiger partial charge on any atom is 0.137 e. The Morgan fingerprint density at radius 2 is 1.85 bits per heavy atom. The first-order valence-electron chi connectivity index (χ1n) is 6.78. The average Bonchev–Trinajstić information content (AvgIpc) is 2.45. The molecule has 0 aromatic heterocycles. The van der Waals surface area contributed by atoms with Gasteiger partial charge in [0.05, 0.1) is 4.47 Å². The maximum atomic E-state index is 13.3. The lowest BCUT2D eigenvalue weighted by atomic mass is 9.89. The number of nitrogens with one attached hydrogen (secondary N) is 1. The fraction of sp³-hybridized carbons (Fsp3) is 0.294. The normalized spacial score (nSPS) is 14.0. The summed E-state index contributed by atoms with van der Waals surface area (Å²) >= 11 is 3.24. The van der Waals surface area contributed by atoms with Crippen LogP contribution in [0.5, 0.6) is 0 Å². The highest BCUT2D eigenvalue weighted by Crippen LogP contribution is 2.26. The van der Waals surface area contributed by atoms with Crippen LogP contribution in [0.15, 0.2) is 53.0 Å². The second-order valence-corrected chi connectivity index (χ2v) is 5.96. The fourth-order valence-electron chi connectivity index (χ4n) is 2.60. The second-order valence-electron chi connectivity index (χ2n) is 5.11. The van der Waals surface area contributed by atoms with Crippen LogP contribution in [0.3, 0.4) is 0 Å². The Kier molecular flexibility index (Phi) is 5.32. The van der Waals surface area contributed by atoms with E-state index in [1.807, 2.05) is 25.2 Å². The average molecular weight is 336 g/mol. The molecule has 1 nitrogen and oxygen atoms in total. The molecule has 2 rings (SSSR count). The second kappa shape index (κ2) is 7.00. The van der Waals surface area contributed by atoms with Crippen molar-refractivity contribution in [3.05, 3.63) is 69.9 Å². The van der Waals surface area contributed by atoms with Crippen LogP contribution in [0.25, 0.3) is 0 Å². The number of hydrogen-bond donors (Lipinski definition) is 1. The first kappa shape index (κ1) is 15.2. The molecule has 1 N–H and O–H groups in total. The van der Waals surface area contributed by atoms with Gasteiger partial charge in [0.25, 0.3) is 0 Å². The Balaban J connectivity index is 2.13. The van der Waals surface area contributed by atoms with Crippen molar-refractivity contribution >= 4 is 15.9 Å². The lowest BCUT2D eigenvalue weighted by Gasteiger charge is -2.24. The van der Waals surface area contributed by atoms with Gasteiger partial charge in [-0.25, -0.2) is 4.39 Å². The summed E-state index contributed by atoms with van der Waals surface area (Å²) in [5, 5.41) is 3.38. The number of rotatable bonds is 5. The van der Waals surface area contributed by atoms with E-state index in [1.54, 1.807) is 0 Å². The zero-order valence-electron chi connectivity index (χ0n) is 11.7. The van der Waals surface area contributed by atoms with E-state index in [0.29, 0.717) is 16.4 Å². The van der Waals surface area contributed by atoms with Gasteiger partial charge in [-0.15, -0.1) is 0 Å². The summed E-state index contributed by atoms with van der Waals surface area (Å²) in [4.78, 5) is 0. The number of halogens is 2. The standard InChI is InChI=1S/C17H19BrFN/c1-12(10-13-8-9-16(19)15(18)11-13)17(20-2)14-6-4-3-5-7-14/h3-9,11-12,17,20H,10H2,1-2H3. The highest BCUT2D eigenvalue weighted by Gasteiger charge is 2.18. The van der Waals surface area contributed by atoms with Crippen molar-refractivity contribution in [3.63, 3.8) is 0 Å². The van der Waals surface area contributed by atoms with E-state index in [4.69, 9.17) is 0 Å². The molecule has 0 radical (unpaired) electrons. The molecule has 2 unspecified atom stereocenters. The lowest BCUT2D eigenvalue weighted by Crippen LogP contribution is -2.24. The number of hydrogen-bond acceptors (Lipinski definition) is 1. The van der Waals surface area contributed by atoms with E-state index >= 15 is 0 Å². The first-order chi connectivity index (χ1) is 9.61. The topological polar surface area (TPSA) is 12.0 Å². The third-order valence-electron chi connectivity index (χ3n) is 3.58. The molecule has 106 valence electrons. The Bertz CT molecular complexity index is 556. The minimum absolute atomic E-state index is 0.213. The van der Waals surface area contributed by atoms with E-state index in [9.17, 15) is 4.39 Å². The van der Waals surface area contributed by atoms with Crippen LogP contribution in [0.1, 0.15) is 24.1 Å². The van der Waals surface area contributed by atoms with Crippen molar-refractivity contribution in [1.29, 1.82) is 0 Å². The Labute approximate surface area is 128 Å². The van der Waals surface area contributed by atoms with Gasteiger partial charge in [0.2, 0.25) is 0 Å². The molecule has 0 saturated heterocycles. The summed E-state index contributed by atoms with van der Waals surface area (Å²) < 4.78 is 13.8. The van der Waals surface area contributed by atoms with E-state index < -0.39 is 0 Å². The van der Waals surface area contributed by atoms with Gasteiger partial charge in [0.15, 0.2) is 0 Å². The predicted molar refractivity (Wildman–Crippen MR) is 85.2 cm³/mol. The Morgan fingerprint density at radius 3 is 2.45 bits per heavy atom. The minimum atomic E-state index is -0.213. The first-order valence-corrected chi connectivity index (χ1v) is 7.57. The van der Waals surface area contributed by atoms with E-state index in [1.165, 1.54) is 11.6 Å². The third-order valence-corrected chi connectivity index (χ3v) is 4.19. The number of benzene rings is 2. The van der Waals surface area contributed by atoms with Gasteiger partial charge in [0, 0.05) is 6.04 Å². The Morgan fingerprint density at radius 1 is 1.15 bits per heavy atom. The summed E-state index contributed by atoms with van der Waals surface area (Å²) in [5.74, 6) is 0.203. The van der Waals surface area contributed by atoms with Crippen molar-refractivity contribution < 1.29 is 4.39 Å². The molecule has 0 heterocycles. The molecule has 2 atom stereocenters. The van der Waals surface area contributed by atoms with Gasteiger partial charge in [-0.1, -0.05) is 43.3 Å². The molecule has 3 heteroatoms. The van der Waals surface area contributed by atoms with Crippen molar-refractivity contribution in [1.82, 2.24) is 5.32 Å². The quantitative estimate of drug-likeness (QED) is 0.832. The predicted octanol–water partition coefficient (Wildman–Crippen LogP) is 4.73. The Hall–Kier alpha value is -1.19. The van der Waals surface area contributed by atoms with Crippen LogP contribution in [-0.4, -0.2) is 7.05 Å². The highest BCUT2D eigenvalue weighted by atomic mass is 79.9. The molecule has 0 saturated carbocycles. The van der Waals surface area contributed by atoms with E-state index in [2.05, 4.69) is 52.4 Å². The summed E-state index contributed by atoms with van der Waals surface area (Å²) in [6.07, 6.45) is 0.902. The van der Waals surface area contributed by atoms with Gasteiger partial charge < -0.3 is 5.32 Å². The molecular formula is C17H19BrFN. The summed E-state index contributed by atoms with van der Waals surface area (Å²) in [6.45, 7) is 2.21. The van der Waals surface area contributed by atoms with Gasteiger partial charge >= 0.3 is 0 Å². The molecule has 0 fully saturated rings. The van der Waals surface area contributed by atoms with Crippen molar-refractivity contribution in [2.75, 3.05) is 7.05 Å². The van der Waals surface area contributed by atoms with Crippen molar-refractivity contribution in [2.45, 2.75) is 19.4 Å². The molecule has 0 amide bonds. The minimum Gasteiger partial charge on any atom is -0.313 e. The van der Waals surface area contributed by atoms with Gasteiger partial charge in [-0.05, 0) is 58.6 Å². The zero-order valence-corrected chi connectivity index (χ0v) is 13.3. The van der Waals surface area contributed by atoms with Gasteiger partial charge in [-0.2, -0.15) is 0 Å². The monoisotopic (exact) mass is 335 g/mol. The molecular weight excluding hydrogens is 317 g/mol. The van der Waals surface area contributed by atoms with E-state index in [-0.39, 0.29) is 5.82 Å². The molecule has 0 aliphatic rings. The van der Waals surface area contributed by atoms with Crippen molar-refractivity contribution in [2.24, 2.45) is 5.92 Å². The molecule has 0 bridgehead atoms. The zero-order chi connectivity index (χ0) is 14.5. The van der Waals surface area contributed by atoms with Crippen molar-refractivity contribution in [3.8, 4) is 0 Å². The molecule has 0 aliphatic carbocycles. The third kappa shape index (κ3) is 3.68. The van der Waals surface area contributed by atoms with Crippen LogP contribution in [0, 0.1) is 11.7 Å². The van der Waals surface area contributed by atoms with Crippen LogP contribution < -0.4 is 5.32 Å². The molecule has 0 aliphatic heterocycles. The van der Waals surface area contributed by atoms with E-state index in [0.717, 1.165) is 12.0 Å². The SMILES string of the molecule is CNC(c1ccccc1)C(C)Cc1ccc(F)c(Br)c1. The van der Waals surface area contributed by atoms with Crippen LogP contribution >= 0.6 is 15.9 Å². The molecule has 20 heavy (non-hydrogen) atoms. The van der Waals surface area contributed by atoms with Crippen LogP contribution in [0.4, 0.5) is 4.39 Å². The summed E-state index contributed by atoms with van der Waals surface area (Å²) in [5.41, 5.74) is 2.42. The smallest absolute Gasteiger partial charge is 0.137 e. The summed E-state index contributed by atoms with van der Waals surface area (Å²) in [7, 11) is 1.98. The molecule has 0 spiro atoms. The maximum absolute atomic E-state index is 13.3. The largest absolute Gasteiger partial charge is 0.313 e. The van der Waals surface area contributed by atoms with Gasteiger partial charge in [-0.3, -0.25) is 0 Å². The summed E-state index contributed by atoms with van der Waals surface area (Å²) in [6, 6.07) is 15.9. The van der Waals surface area contributed by atoms with Crippen LogP contribution in [-0.2, 0) is 6.42 Å². The molecule has 2 aromatic carbocycles. The highest BCUT2D eigenvalue weighted by molar-refractivity contribution is 9.10. The van der Waals surface area contributed by atoms with Crippen LogP contribution in [0.2, 0.25) is 0 Å². The fourth-order valence-corrected chi connectivity index (χ4v) is 3.02. The molecule has 2 aromatic rings. The lowest BCUT2D eigenvalue weighted by molar-refractivity contribution is 0.409. The van der Waals surface area contributed by atoms with Gasteiger partial charge in [0.1, 0.15) is 5.82 Å².